The molecule has 1 aromatic rings. The smallest absolute Gasteiger partial charge is 0.412 e. The minimum Gasteiger partial charge on any atom is -0.494 e. The zero-order valence-corrected chi connectivity index (χ0v) is 15.9. The summed E-state index contributed by atoms with van der Waals surface area (Å²) in [7, 11) is 3.47. The number of nitrogens with one attached hydrogen (secondary N) is 1. The summed E-state index contributed by atoms with van der Waals surface area (Å²) in [5, 5.41) is 14.1. The second kappa shape index (κ2) is 7.77. The van der Waals surface area contributed by atoms with E-state index in [0.717, 1.165) is 13.1 Å². The number of rotatable bonds is 4. The molecule has 9 nitrogen and oxygen atoms in total. The van der Waals surface area contributed by atoms with Gasteiger partial charge in [0.25, 0.3) is 5.69 Å². The van der Waals surface area contributed by atoms with Crippen molar-refractivity contribution in [2.45, 2.75) is 26.4 Å². The monoisotopic (exact) mass is 366 g/mol. The molecule has 0 aromatic heterocycles. The molecular weight excluding hydrogens is 340 g/mol. The van der Waals surface area contributed by atoms with Crippen molar-refractivity contribution in [3.8, 4) is 5.75 Å². The van der Waals surface area contributed by atoms with Crippen molar-refractivity contribution >= 4 is 23.2 Å². The Kier molecular flexibility index (Phi) is 5.91. The molecule has 0 spiro atoms. The highest BCUT2D eigenvalue weighted by molar-refractivity contribution is 5.89. The van der Waals surface area contributed by atoms with Crippen molar-refractivity contribution in [1.29, 1.82) is 0 Å². The van der Waals surface area contributed by atoms with E-state index in [0.29, 0.717) is 24.5 Å². The molecule has 1 heterocycles. The molecule has 26 heavy (non-hydrogen) atoms. The third-order valence-electron chi connectivity index (χ3n) is 3.97. The number of methoxy groups -OCH3 is 1. The number of piperazine rings is 1. The first-order chi connectivity index (χ1) is 12.1. The molecule has 1 fully saturated rings. The van der Waals surface area contributed by atoms with Gasteiger partial charge in [-0.1, -0.05) is 0 Å². The van der Waals surface area contributed by atoms with Crippen LogP contribution in [0.1, 0.15) is 20.8 Å². The molecule has 0 aliphatic carbocycles. The van der Waals surface area contributed by atoms with Gasteiger partial charge in [-0.2, -0.15) is 0 Å². The van der Waals surface area contributed by atoms with Gasteiger partial charge in [0.1, 0.15) is 17.0 Å². The summed E-state index contributed by atoms with van der Waals surface area (Å²) < 4.78 is 10.5. The Morgan fingerprint density at radius 2 is 1.85 bits per heavy atom. The largest absolute Gasteiger partial charge is 0.494 e. The molecule has 0 bridgehead atoms. The lowest BCUT2D eigenvalue weighted by Gasteiger charge is -2.34. The highest BCUT2D eigenvalue weighted by Crippen LogP contribution is 2.38. The molecule has 0 saturated carbocycles. The number of ether oxygens (including phenoxy) is 2. The SMILES string of the molecule is COc1cc(N2CCN(C)CC2)c([N+](=O)[O-])cc1NC(=O)OC(C)(C)C. The van der Waals surface area contributed by atoms with Crippen LogP contribution in [-0.4, -0.2) is 61.9 Å². The summed E-state index contributed by atoms with van der Waals surface area (Å²) in [5.41, 5.74) is -0.0781. The number of nitrogens with zero attached hydrogens (tertiary/aromatic N) is 3. The number of amides is 1. The second-order valence-corrected chi connectivity index (χ2v) is 7.22. The van der Waals surface area contributed by atoms with Crippen molar-refractivity contribution in [3.63, 3.8) is 0 Å². The van der Waals surface area contributed by atoms with Crippen LogP contribution < -0.4 is 15.0 Å². The number of nitro benzene ring substituents is 1. The van der Waals surface area contributed by atoms with Crippen LogP contribution in [0, 0.1) is 10.1 Å². The molecule has 1 aliphatic rings. The van der Waals surface area contributed by atoms with E-state index in [-0.39, 0.29) is 11.4 Å². The summed E-state index contributed by atoms with van der Waals surface area (Å²) in [6, 6.07) is 2.91. The van der Waals surface area contributed by atoms with Crippen LogP contribution in [0.4, 0.5) is 21.9 Å². The standard InChI is InChI=1S/C17H26N4O5/c1-17(2,3)26-16(22)18-12-10-14(21(23)24)13(11-15(12)25-5)20-8-6-19(4)7-9-20/h10-11H,6-9H2,1-5H3,(H,18,22). The van der Waals surface area contributed by atoms with Crippen LogP contribution in [0.25, 0.3) is 0 Å². The van der Waals surface area contributed by atoms with Crippen LogP contribution in [0.2, 0.25) is 0 Å². The zero-order valence-electron chi connectivity index (χ0n) is 15.9. The fraction of sp³-hybridized carbons (Fsp3) is 0.588. The fourth-order valence-electron chi connectivity index (χ4n) is 2.68. The van der Waals surface area contributed by atoms with Crippen LogP contribution in [0.5, 0.6) is 5.75 Å². The summed E-state index contributed by atoms with van der Waals surface area (Å²) in [4.78, 5) is 27.3. The average molecular weight is 366 g/mol. The van der Waals surface area contributed by atoms with Gasteiger partial charge in [0.05, 0.1) is 17.7 Å². The number of hydrogen-bond donors (Lipinski definition) is 1. The van der Waals surface area contributed by atoms with Crippen molar-refractivity contribution in [3.05, 3.63) is 22.2 Å². The van der Waals surface area contributed by atoms with Crippen LogP contribution in [0.3, 0.4) is 0 Å². The highest BCUT2D eigenvalue weighted by Gasteiger charge is 2.26. The van der Waals surface area contributed by atoms with Crippen molar-refractivity contribution in [2.75, 3.05) is 50.6 Å². The molecule has 1 aliphatic heterocycles. The van der Waals surface area contributed by atoms with E-state index in [1.807, 2.05) is 11.9 Å². The Morgan fingerprint density at radius 3 is 2.35 bits per heavy atom. The van der Waals surface area contributed by atoms with Crippen LogP contribution in [-0.2, 0) is 4.74 Å². The van der Waals surface area contributed by atoms with Crippen LogP contribution >= 0.6 is 0 Å². The van der Waals surface area contributed by atoms with Crippen molar-refractivity contribution in [1.82, 2.24) is 4.90 Å². The number of nitro groups is 1. The molecule has 0 unspecified atom stereocenters. The molecule has 9 heteroatoms. The van der Waals surface area contributed by atoms with E-state index in [1.165, 1.54) is 13.2 Å². The number of hydrogen-bond acceptors (Lipinski definition) is 7. The number of benzene rings is 1. The van der Waals surface area contributed by atoms with Crippen molar-refractivity contribution in [2.24, 2.45) is 0 Å². The summed E-state index contributed by atoms with van der Waals surface area (Å²) >= 11 is 0. The van der Waals surface area contributed by atoms with Gasteiger partial charge >= 0.3 is 6.09 Å². The number of likely N-dealkylation sites (N-methyl/N-ethyl adjacent to an activating group) is 1. The zero-order chi connectivity index (χ0) is 19.5. The number of carbonyl (C=O) groups excluding carboxylic acids is 1. The van der Waals surface area contributed by atoms with E-state index in [9.17, 15) is 14.9 Å². The van der Waals surface area contributed by atoms with E-state index in [1.54, 1.807) is 26.8 Å². The molecular formula is C17H26N4O5. The Balaban J connectivity index is 2.34. The van der Waals surface area contributed by atoms with Gasteiger partial charge in [-0.15, -0.1) is 0 Å². The molecule has 2 rings (SSSR count). The van der Waals surface area contributed by atoms with Gasteiger partial charge in [0.15, 0.2) is 0 Å². The maximum atomic E-state index is 12.0. The van der Waals surface area contributed by atoms with Gasteiger partial charge in [0.2, 0.25) is 0 Å². The van der Waals surface area contributed by atoms with E-state index < -0.39 is 16.6 Å². The predicted octanol–water partition coefficient (Wildman–Crippen LogP) is 2.70. The third-order valence-corrected chi connectivity index (χ3v) is 3.97. The maximum absolute atomic E-state index is 12.0. The van der Waals surface area contributed by atoms with Crippen LogP contribution in [0.15, 0.2) is 12.1 Å². The average Bonchev–Trinajstić information content (AvgIpc) is 2.53. The quantitative estimate of drug-likeness (QED) is 0.646. The van der Waals surface area contributed by atoms with E-state index in [4.69, 9.17) is 9.47 Å². The lowest BCUT2D eigenvalue weighted by molar-refractivity contribution is -0.384. The minimum absolute atomic E-state index is 0.0820. The summed E-state index contributed by atoms with van der Waals surface area (Å²) in [6.07, 6.45) is -0.697. The van der Waals surface area contributed by atoms with Crippen molar-refractivity contribution < 1.29 is 19.2 Å². The fourth-order valence-corrected chi connectivity index (χ4v) is 2.68. The molecule has 0 atom stereocenters. The molecule has 144 valence electrons. The lowest BCUT2D eigenvalue weighted by atomic mass is 10.1. The molecule has 1 aromatic carbocycles. The van der Waals surface area contributed by atoms with Gasteiger partial charge < -0.3 is 19.3 Å². The molecule has 1 amide bonds. The number of anilines is 2. The first-order valence-electron chi connectivity index (χ1n) is 8.40. The Hall–Kier alpha value is -2.55. The maximum Gasteiger partial charge on any atom is 0.412 e. The normalized spacial score (nSPS) is 15.5. The number of carbonyl (C=O) groups is 1. The Bertz CT molecular complexity index is 678. The molecule has 1 saturated heterocycles. The first kappa shape index (κ1) is 19.8. The summed E-state index contributed by atoms with van der Waals surface area (Å²) in [6.45, 7) is 8.21. The highest BCUT2D eigenvalue weighted by atomic mass is 16.6. The van der Waals surface area contributed by atoms with Gasteiger partial charge in [0, 0.05) is 38.3 Å². The van der Waals surface area contributed by atoms with E-state index in [2.05, 4.69) is 10.2 Å². The predicted molar refractivity (Wildman–Crippen MR) is 99.2 cm³/mol. The first-order valence-corrected chi connectivity index (χ1v) is 8.40. The van der Waals surface area contributed by atoms with Gasteiger partial charge in [-0.25, -0.2) is 4.79 Å². The Labute approximate surface area is 153 Å². The second-order valence-electron chi connectivity index (χ2n) is 7.22. The molecule has 1 N–H and O–H groups in total. The lowest BCUT2D eigenvalue weighted by Crippen LogP contribution is -2.44. The third kappa shape index (κ3) is 4.98. The topological polar surface area (TPSA) is 97.2 Å². The van der Waals surface area contributed by atoms with E-state index >= 15 is 0 Å². The Morgan fingerprint density at radius 1 is 1.23 bits per heavy atom. The van der Waals surface area contributed by atoms with Gasteiger partial charge in [-0.3, -0.25) is 15.4 Å². The minimum atomic E-state index is -0.697. The van der Waals surface area contributed by atoms with Gasteiger partial charge in [-0.05, 0) is 27.8 Å². The summed E-state index contributed by atoms with van der Waals surface area (Å²) in [5.74, 6) is 0.343. The molecule has 0 radical (unpaired) electrons.